The van der Waals surface area contributed by atoms with Crippen molar-refractivity contribution in [2.24, 2.45) is 23.7 Å². The van der Waals surface area contributed by atoms with Crippen molar-refractivity contribution in [3.05, 3.63) is 0 Å². The standard InChI is InChI=1S/C11H16O/c12-11-9-2-1-3-10(11)8-5-4-7(9)6-8/h7-10H,1-6H2/t7-,8+,9-,10+. The van der Waals surface area contributed by atoms with Gasteiger partial charge in [-0.1, -0.05) is 6.42 Å². The molecule has 3 aliphatic rings. The topological polar surface area (TPSA) is 17.1 Å². The van der Waals surface area contributed by atoms with E-state index in [2.05, 4.69) is 0 Å². The molecule has 0 aromatic carbocycles. The van der Waals surface area contributed by atoms with Crippen molar-refractivity contribution in [3.8, 4) is 0 Å². The third-order valence-corrected chi connectivity index (χ3v) is 4.41. The summed E-state index contributed by atoms with van der Waals surface area (Å²) in [7, 11) is 0. The highest BCUT2D eigenvalue weighted by Crippen LogP contribution is 2.51. The number of hydrogen-bond donors (Lipinski definition) is 0. The molecule has 0 heterocycles. The van der Waals surface area contributed by atoms with Crippen molar-refractivity contribution >= 4 is 5.78 Å². The van der Waals surface area contributed by atoms with Gasteiger partial charge in [-0.05, 0) is 43.9 Å². The zero-order chi connectivity index (χ0) is 8.13. The third kappa shape index (κ3) is 0.773. The molecule has 12 heavy (non-hydrogen) atoms. The third-order valence-electron chi connectivity index (χ3n) is 4.41. The summed E-state index contributed by atoms with van der Waals surface area (Å²) in [4.78, 5) is 11.9. The van der Waals surface area contributed by atoms with E-state index in [1.807, 2.05) is 0 Å². The maximum absolute atomic E-state index is 11.9. The highest BCUT2D eigenvalue weighted by Gasteiger charge is 2.48. The Hall–Kier alpha value is -0.330. The molecule has 3 fully saturated rings. The van der Waals surface area contributed by atoms with Crippen LogP contribution in [0, 0.1) is 23.7 Å². The molecule has 1 heteroatoms. The molecule has 66 valence electrons. The van der Waals surface area contributed by atoms with Gasteiger partial charge in [0.05, 0.1) is 0 Å². The van der Waals surface area contributed by atoms with Crippen LogP contribution in [-0.4, -0.2) is 5.78 Å². The van der Waals surface area contributed by atoms with E-state index in [0.717, 1.165) is 11.8 Å². The molecule has 0 N–H and O–H groups in total. The van der Waals surface area contributed by atoms with Gasteiger partial charge < -0.3 is 0 Å². The minimum atomic E-state index is 0.502. The van der Waals surface area contributed by atoms with E-state index < -0.39 is 0 Å². The quantitative estimate of drug-likeness (QED) is 0.537. The van der Waals surface area contributed by atoms with Gasteiger partial charge in [-0.25, -0.2) is 0 Å². The zero-order valence-corrected chi connectivity index (χ0v) is 7.46. The Labute approximate surface area is 73.5 Å². The second-order valence-electron chi connectivity index (χ2n) is 4.88. The molecule has 0 aromatic rings. The van der Waals surface area contributed by atoms with Crippen LogP contribution in [0.3, 0.4) is 0 Å². The summed E-state index contributed by atoms with van der Waals surface area (Å²) in [5.74, 6) is 3.27. The van der Waals surface area contributed by atoms with Crippen molar-refractivity contribution in [1.29, 1.82) is 0 Å². The van der Waals surface area contributed by atoms with E-state index in [1.165, 1.54) is 38.5 Å². The average Bonchev–Trinajstić information content (AvgIpc) is 2.47. The van der Waals surface area contributed by atoms with Crippen LogP contribution in [0.25, 0.3) is 0 Å². The van der Waals surface area contributed by atoms with E-state index >= 15 is 0 Å². The molecule has 3 saturated carbocycles. The summed E-state index contributed by atoms with van der Waals surface area (Å²) in [5, 5.41) is 0. The monoisotopic (exact) mass is 164 g/mol. The van der Waals surface area contributed by atoms with Gasteiger partial charge >= 0.3 is 0 Å². The van der Waals surface area contributed by atoms with Crippen molar-refractivity contribution in [2.45, 2.75) is 38.5 Å². The number of Topliss-reactive ketones (excluding diaryl/α,β-unsaturated/α-hetero) is 1. The largest absolute Gasteiger partial charge is 0.299 e. The van der Waals surface area contributed by atoms with Gasteiger partial charge in [-0.2, -0.15) is 0 Å². The predicted molar refractivity (Wildman–Crippen MR) is 46.7 cm³/mol. The number of rotatable bonds is 0. The van der Waals surface area contributed by atoms with Crippen LogP contribution in [0.15, 0.2) is 0 Å². The van der Waals surface area contributed by atoms with E-state index in [0.29, 0.717) is 17.6 Å². The van der Waals surface area contributed by atoms with Gasteiger partial charge in [0, 0.05) is 11.8 Å². The summed E-state index contributed by atoms with van der Waals surface area (Å²) >= 11 is 0. The molecule has 0 amide bonds. The first kappa shape index (κ1) is 7.11. The summed E-state index contributed by atoms with van der Waals surface area (Å²) < 4.78 is 0. The molecule has 0 aromatic heterocycles. The molecule has 0 radical (unpaired) electrons. The fourth-order valence-corrected chi connectivity index (χ4v) is 3.84. The van der Waals surface area contributed by atoms with Crippen LogP contribution in [-0.2, 0) is 4.79 Å². The zero-order valence-electron chi connectivity index (χ0n) is 7.46. The van der Waals surface area contributed by atoms with Crippen LogP contribution in [0.5, 0.6) is 0 Å². The number of carbonyl (C=O) groups is 1. The molecular formula is C11H16O. The normalized spacial score (nSPS) is 51.2. The van der Waals surface area contributed by atoms with Crippen molar-refractivity contribution in [2.75, 3.05) is 0 Å². The number of ketones is 1. The maximum Gasteiger partial charge on any atom is 0.139 e. The molecule has 3 aliphatic carbocycles. The fraction of sp³-hybridized carbons (Fsp3) is 0.909. The van der Waals surface area contributed by atoms with E-state index in [9.17, 15) is 4.79 Å². The highest BCUT2D eigenvalue weighted by molar-refractivity contribution is 5.85. The summed E-state index contributed by atoms with van der Waals surface area (Å²) in [6.45, 7) is 0. The second kappa shape index (κ2) is 2.34. The number of fused-ring (bicyclic) bond motifs is 6. The Morgan fingerprint density at radius 2 is 1.50 bits per heavy atom. The molecule has 3 rings (SSSR count). The lowest BCUT2D eigenvalue weighted by Gasteiger charge is -2.38. The minimum Gasteiger partial charge on any atom is -0.299 e. The maximum atomic E-state index is 11.9. The van der Waals surface area contributed by atoms with Crippen LogP contribution in [0.4, 0.5) is 0 Å². The van der Waals surface area contributed by atoms with Crippen molar-refractivity contribution in [1.82, 2.24) is 0 Å². The molecular weight excluding hydrogens is 148 g/mol. The lowest BCUT2D eigenvalue weighted by Crippen LogP contribution is -2.39. The van der Waals surface area contributed by atoms with Gasteiger partial charge in [0.25, 0.3) is 0 Å². The van der Waals surface area contributed by atoms with Crippen molar-refractivity contribution in [3.63, 3.8) is 0 Å². The molecule has 0 spiro atoms. The van der Waals surface area contributed by atoms with Crippen LogP contribution in [0.1, 0.15) is 38.5 Å². The second-order valence-corrected chi connectivity index (χ2v) is 4.88. The average molecular weight is 164 g/mol. The van der Waals surface area contributed by atoms with E-state index in [4.69, 9.17) is 0 Å². The van der Waals surface area contributed by atoms with Crippen LogP contribution >= 0.6 is 0 Å². The van der Waals surface area contributed by atoms with Gasteiger partial charge in [0.15, 0.2) is 0 Å². The first-order valence-electron chi connectivity index (χ1n) is 5.40. The van der Waals surface area contributed by atoms with Gasteiger partial charge in [0.1, 0.15) is 5.78 Å². The summed E-state index contributed by atoms with van der Waals surface area (Å²) in [6, 6.07) is 0. The first-order chi connectivity index (χ1) is 5.86. The predicted octanol–water partition coefficient (Wildman–Crippen LogP) is 2.40. The minimum absolute atomic E-state index is 0.502. The smallest absolute Gasteiger partial charge is 0.139 e. The molecule has 4 bridgehead atoms. The Balaban J connectivity index is 1.97. The van der Waals surface area contributed by atoms with Gasteiger partial charge in [0.2, 0.25) is 0 Å². The van der Waals surface area contributed by atoms with Crippen LogP contribution < -0.4 is 0 Å². The molecule has 0 aliphatic heterocycles. The fourth-order valence-electron chi connectivity index (χ4n) is 3.84. The lowest BCUT2D eigenvalue weighted by molar-refractivity contribution is -0.135. The number of carbonyl (C=O) groups excluding carboxylic acids is 1. The first-order valence-corrected chi connectivity index (χ1v) is 5.40. The SMILES string of the molecule is O=C1[C@H]2CCC[C@@H]1[C@@H]1CC[C@H]2C1. The molecule has 1 nitrogen and oxygen atoms in total. The Bertz CT molecular complexity index is 201. The summed E-state index contributed by atoms with van der Waals surface area (Å²) in [6.07, 6.45) is 7.86. The summed E-state index contributed by atoms with van der Waals surface area (Å²) in [5.41, 5.74) is 0. The molecule has 4 atom stereocenters. The van der Waals surface area contributed by atoms with E-state index in [1.54, 1.807) is 0 Å². The van der Waals surface area contributed by atoms with Gasteiger partial charge in [-0.3, -0.25) is 4.79 Å². The Morgan fingerprint density at radius 1 is 0.917 bits per heavy atom. The molecule has 0 unspecified atom stereocenters. The molecule has 0 saturated heterocycles. The van der Waals surface area contributed by atoms with Crippen LogP contribution in [0.2, 0.25) is 0 Å². The lowest BCUT2D eigenvalue weighted by atomic mass is 9.65. The van der Waals surface area contributed by atoms with Crippen molar-refractivity contribution < 1.29 is 4.79 Å². The Morgan fingerprint density at radius 3 is 2.08 bits per heavy atom. The van der Waals surface area contributed by atoms with Gasteiger partial charge in [-0.15, -0.1) is 0 Å². The number of hydrogen-bond acceptors (Lipinski definition) is 1. The Kier molecular flexibility index (Phi) is 1.38. The van der Waals surface area contributed by atoms with E-state index in [-0.39, 0.29) is 0 Å². The highest BCUT2D eigenvalue weighted by atomic mass is 16.1.